The van der Waals surface area contributed by atoms with Crippen molar-refractivity contribution in [2.24, 2.45) is 0 Å². The first kappa shape index (κ1) is 15.4. The summed E-state index contributed by atoms with van der Waals surface area (Å²) in [7, 11) is 0. The summed E-state index contributed by atoms with van der Waals surface area (Å²) in [6, 6.07) is 5.43. The molecule has 0 bridgehead atoms. The van der Waals surface area contributed by atoms with Crippen LogP contribution in [0.4, 0.5) is 0 Å². The van der Waals surface area contributed by atoms with Crippen molar-refractivity contribution in [2.75, 3.05) is 19.7 Å². The van der Waals surface area contributed by atoms with Crippen molar-refractivity contribution in [2.45, 2.75) is 25.6 Å². The highest BCUT2D eigenvalue weighted by molar-refractivity contribution is 6.30. The number of aromatic nitrogens is 3. The topological polar surface area (TPSA) is 80.3 Å². The molecule has 2 aromatic rings. The highest BCUT2D eigenvalue weighted by Gasteiger charge is 2.36. The molecule has 0 radical (unpaired) electrons. The SMILES string of the molecule is Cc1nc(C2CN(C(=O)C3Cc4cc(Cl)ccc4O3)CCO2)n[nH]1. The van der Waals surface area contributed by atoms with E-state index in [0.717, 1.165) is 17.1 Å². The molecule has 2 aliphatic rings. The maximum atomic E-state index is 12.8. The van der Waals surface area contributed by atoms with E-state index in [-0.39, 0.29) is 12.0 Å². The van der Waals surface area contributed by atoms with E-state index in [9.17, 15) is 4.79 Å². The highest BCUT2D eigenvalue weighted by atomic mass is 35.5. The predicted octanol–water partition coefficient (Wildman–Crippen LogP) is 1.67. The number of nitrogens with zero attached hydrogens (tertiary/aromatic N) is 3. The maximum Gasteiger partial charge on any atom is 0.264 e. The maximum absolute atomic E-state index is 12.8. The fourth-order valence-corrected chi connectivity index (χ4v) is 3.26. The zero-order valence-corrected chi connectivity index (χ0v) is 13.9. The first-order valence-corrected chi connectivity index (χ1v) is 8.22. The number of nitrogens with one attached hydrogen (secondary N) is 1. The van der Waals surface area contributed by atoms with Gasteiger partial charge in [0, 0.05) is 18.0 Å². The van der Waals surface area contributed by atoms with Crippen molar-refractivity contribution >= 4 is 17.5 Å². The zero-order chi connectivity index (χ0) is 16.7. The lowest BCUT2D eigenvalue weighted by atomic mass is 10.1. The van der Waals surface area contributed by atoms with Gasteiger partial charge in [0.05, 0.1) is 13.2 Å². The Morgan fingerprint density at radius 1 is 1.46 bits per heavy atom. The van der Waals surface area contributed by atoms with Crippen LogP contribution in [0.5, 0.6) is 5.75 Å². The summed E-state index contributed by atoms with van der Waals surface area (Å²) in [5.74, 6) is 1.99. The summed E-state index contributed by atoms with van der Waals surface area (Å²) in [6.45, 7) is 3.25. The lowest BCUT2D eigenvalue weighted by Gasteiger charge is -2.32. The van der Waals surface area contributed by atoms with Crippen molar-refractivity contribution in [3.63, 3.8) is 0 Å². The molecule has 0 aliphatic carbocycles. The molecule has 126 valence electrons. The van der Waals surface area contributed by atoms with Crippen LogP contribution < -0.4 is 4.74 Å². The number of H-pyrrole nitrogens is 1. The monoisotopic (exact) mass is 348 g/mol. The summed E-state index contributed by atoms with van der Waals surface area (Å²) in [5, 5.41) is 7.58. The Morgan fingerprint density at radius 2 is 2.33 bits per heavy atom. The Morgan fingerprint density at radius 3 is 3.12 bits per heavy atom. The Hall–Kier alpha value is -2.12. The van der Waals surface area contributed by atoms with Crippen molar-refractivity contribution in [3.8, 4) is 5.75 Å². The average molecular weight is 349 g/mol. The molecule has 4 rings (SSSR count). The van der Waals surface area contributed by atoms with Gasteiger partial charge in [-0.3, -0.25) is 9.89 Å². The van der Waals surface area contributed by atoms with Crippen LogP contribution in [0, 0.1) is 6.92 Å². The van der Waals surface area contributed by atoms with E-state index in [4.69, 9.17) is 21.1 Å². The number of hydrogen-bond acceptors (Lipinski definition) is 5. The van der Waals surface area contributed by atoms with Gasteiger partial charge in [-0.2, -0.15) is 5.10 Å². The minimum absolute atomic E-state index is 0.0390. The van der Waals surface area contributed by atoms with Crippen LogP contribution in [-0.4, -0.2) is 51.8 Å². The number of morpholine rings is 1. The Kier molecular flexibility index (Phi) is 3.90. The number of carbonyl (C=O) groups is 1. The third-order valence-corrected chi connectivity index (χ3v) is 4.49. The minimum Gasteiger partial charge on any atom is -0.480 e. The second kappa shape index (κ2) is 6.07. The van der Waals surface area contributed by atoms with Crippen molar-refractivity contribution in [1.82, 2.24) is 20.1 Å². The molecule has 1 aromatic heterocycles. The Labute approximate surface area is 143 Å². The lowest BCUT2D eigenvalue weighted by molar-refractivity contribution is -0.146. The molecule has 7 nitrogen and oxygen atoms in total. The van der Waals surface area contributed by atoms with Crippen LogP contribution in [0.3, 0.4) is 0 Å². The number of benzene rings is 1. The van der Waals surface area contributed by atoms with Crippen LogP contribution >= 0.6 is 11.6 Å². The molecule has 1 amide bonds. The van der Waals surface area contributed by atoms with E-state index in [2.05, 4.69) is 15.2 Å². The van der Waals surface area contributed by atoms with Gasteiger partial charge in [0.2, 0.25) is 0 Å². The van der Waals surface area contributed by atoms with Gasteiger partial charge in [-0.15, -0.1) is 0 Å². The van der Waals surface area contributed by atoms with Gasteiger partial charge in [0.1, 0.15) is 17.7 Å². The van der Waals surface area contributed by atoms with Crippen molar-refractivity contribution < 1.29 is 14.3 Å². The molecule has 24 heavy (non-hydrogen) atoms. The molecular formula is C16H17ClN4O3. The van der Waals surface area contributed by atoms with E-state index in [1.54, 1.807) is 11.0 Å². The average Bonchev–Trinajstić information content (AvgIpc) is 3.20. The molecule has 1 fully saturated rings. The standard InChI is InChI=1S/C16H17ClN4O3/c1-9-18-15(20-19-9)14-8-21(4-5-23-14)16(22)13-7-10-6-11(17)2-3-12(10)24-13/h2-3,6,13-14H,4-5,7-8H2,1H3,(H,18,19,20). The van der Waals surface area contributed by atoms with Crippen LogP contribution in [0.2, 0.25) is 5.02 Å². The van der Waals surface area contributed by atoms with Gasteiger partial charge in [0.15, 0.2) is 11.9 Å². The number of amides is 1. The zero-order valence-electron chi connectivity index (χ0n) is 13.2. The molecule has 3 heterocycles. The van der Waals surface area contributed by atoms with Crippen LogP contribution in [0.1, 0.15) is 23.3 Å². The number of aryl methyl sites for hydroxylation is 1. The number of hydrogen-bond donors (Lipinski definition) is 1. The van der Waals surface area contributed by atoms with Gasteiger partial charge < -0.3 is 14.4 Å². The quantitative estimate of drug-likeness (QED) is 0.893. The fourth-order valence-electron chi connectivity index (χ4n) is 3.07. The summed E-state index contributed by atoms with van der Waals surface area (Å²) in [5.41, 5.74) is 0.968. The van der Waals surface area contributed by atoms with Crippen molar-refractivity contribution in [1.29, 1.82) is 0 Å². The normalized spacial score (nSPS) is 23.0. The number of aromatic amines is 1. The Balaban J connectivity index is 1.45. The smallest absolute Gasteiger partial charge is 0.264 e. The van der Waals surface area contributed by atoms with E-state index in [0.29, 0.717) is 37.0 Å². The van der Waals surface area contributed by atoms with Crippen molar-refractivity contribution in [3.05, 3.63) is 40.4 Å². The van der Waals surface area contributed by atoms with E-state index in [1.165, 1.54) is 0 Å². The molecule has 0 spiro atoms. The second-order valence-corrected chi connectivity index (χ2v) is 6.42. The summed E-state index contributed by atoms with van der Waals surface area (Å²) in [4.78, 5) is 18.9. The van der Waals surface area contributed by atoms with Crippen LogP contribution in [0.25, 0.3) is 0 Å². The number of ether oxygens (including phenoxy) is 2. The first-order valence-electron chi connectivity index (χ1n) is 7.84. The second-order valence-electron chi connectivity index (χ2n) is 5.99. The Bertz CT molecular complexity index is 778. The highest BCUT2D eigenvalue weighted by Crippen LogP contribution is 2.32. The number of halogens is 1. The number of fused-ring (bicyclic) bond motifs is 1. The van der Waals surface area contributed by atoms with Crippen LogP contribution in [-0.2, 0) is 16.0 Å². The van der Waals surface area contributed by atoms with E-state index >= 15 is 0 Å². The fraction of sp³-hybridized carbons (Fsp3) is 0.438. The number of carbonyl (C=O) groups excluding carboxylic acids is 1. The molecular weight excluding hydrogens is 332 g/mol. The third kappa shape index (κ3) is 2.85. The molecule has 1 N–H and O–H groups in total. The molecule has 1 saturated heterocycles. The summed E-state index contributed by atoms with van der Waals surface area (Å²) in [6.07, 6.45) is -0.284. The molecule has 1 aromatic carbocycles. The predicted molar refractivity (Wildman–Crippen MR) is 86.0 cm³/mol. The third-order valence-electron chi connectivity index (χ3n) is 4.25. The van der Waals surface area contributed by atoms with Gasteiger partial charge >= 0.3 is 0 Å². The molecule has 2 aliphatic heterocycles. The molecule has 0 saturated carbocycles. The first-order chi connectivity index (χ1) is 11.6. The summed E-state index contributed by atoms with van der Waals surface area (Å²) >= 11 is 6.00. The largest absolute Gasteiger partial charge is 0.480 e. The lowest BCUT2D eigenvalue weighted by Crippen LogP contribution is -2.48. The van der Waals surface area contributed by atoms with Gasteiger partial charge in [0.25, 0.3) is 5.91 Å². The van der Waals surface area contributed by atoms with Crippen LogP contribution in [0.15, 0.2) is 18.2 Å². The van der Waals surface area contributed by atoms with Gasteiger partial charge in [-0.1, -0.05) is 11.6 Å². The van der Waals surface area contributed by atoms with Gasteiger partial charge in [-0.05, 0) is 30.7 Å². The molecule has 8 heteroatoms. The molecule has 2 atom stereocenters. The number of rotatable bonds is 2. The minimum atomic E-state index is -0.508. The van der Waals surface area contributed by atoms with E-state index < -0.39 is 6.10 Å². The van der Waals surface area contributed by atoms with E-state index in [1.807, 2.05) is 19.1 Å². The van der Waals surface area contributed by atoms with Gasteiger partial charge in [-0.25, -0.2) is 4.98 Å². The summed E-state index contributed by atoms with van der Waals surface area (Å²) < 4.78 is 11.5. The molecule has 2 unspecified atom stereocenters.